The Morgan fingerprint density at radius 1 is 0.967 bits per heavy atom. The summed E-state index contributed by atoms with van der Waals surface area (Å²) in [4.78, 5) is 6.82. The highest BCUT2D eigenvalue weighted by atomic mass is 32.3. The smallest absolute Gasteiger partial charge is 0.130 e. The summed E-state index contributed by atoms with van der Waals surface area (Å²) < 4.78 is 38.3. The summed E-state index contributed by atoms with van der Waals surface area (Å²) in [5.41, 5.74) is 11.8. The molecule has 7 heteroatoms. The average Bonchev–Trinajstić information content (AvgIpc) is 4.04. The van der Waals surface area contributed by atoms with Gasteiger partial charge in [-0.2, -0.15) is 0 Å². The highest BCUT2D eigenvalue weighted by Crippen LogP contribution is 2.65. The Morgan fingerprint density at radius 3 is 2.54 bits per heavy atom. The Balaban J connectivity index is 1.04. The lowest BCUT2D eigenvalue weighted by Gasteiger charge is -2.48. The van der Waals surface area contributed by atoms with Gasteiger partial charge in [0.1, 0.15) is 11.9 Å². The molecule has 61 heavy (non-hydrogen) atoms. The van der Waals surface area contributed by atoms with Crippen molar-refractivity contribution in [2.24, 2.45) is 23.7 Å². The molecule has 2 N–H and O–H groups in total. The molecule has 0 amide bonds. The molecule has 2 aromatic rings. The molecule has 7 unspecified atom stereocenters. The maximum atomic E-state index is 12.6. The molecule has 6 nitrogen and oxygen atoms in total. The van der Waals surface area contributed by atoms with E-state index in [-0.39, 0.29) is 17.1 Å². The predicted octanol–water partition coefficient (Wildman–Crippen LogP) is 13.5. The molecule has 9 atom stereocenters. The number of ether oxygens (including phenoxy) is 2. The van der Waals surface area contributed by atoms with Gasteiger partial charge in [0.25, 0.3) is 0 Å². The van der Waals surface area contributed by atoms with Crippen LogP contribution >= 0.6 is 10.6 Å². The van der Waals surface area contributed by atoms with Gasteiger partial charge in [0.2, 0.25) is 0 Å². The average molecular weight is 843 g/mol. The molecule has 4 aliphatic carbocycles. The zero-order valence-electron chi connectivity index (χ0n) is 37.9. The number of likely N-dealkylation sites (tertiary alicyclic amines) is 1. The minimum atomic E-state index is -3.28. The third kappa shape index (κ3) is 6.44. The van der Waals surface area contributed by atoms with Crippen molar-refractivity contribution < 1.29 is 18.6 Å². The summed E-state index contributed by atoms with van der Waals surface area (Å²) >= 11 is 0. The fourth-order valence-corrected chi connectivity index (χ4v) is 15.3. The molecule has 0 saturated carbocycles. The van der Waals surface area contributed by atoms with Crippen LogP contribution in [-0.4, -0.2) is 50.9 Å². The van der Waals surface area contributed by atoms with Crippen molar-refractivity contribution in [1.29, 1.82) is 0 Å². The lowest BCUT2D eigenvalue weighted by Crippen LogP contribution is -2.55. The second-order valence-electron chi connectivity index (χ2n) is 20.4. The van der Waals surface area contributed by atoms with Crippen molar-refractivity contribution in [3.8, 4) is 5.75 Å². The van der Waals surface area contributed by atoms with Crippen molar-refractivity contribution in [3.63, 3.8) is 0 Å². The molecule has 10 rings (SSSR count). The lowest BCUT2D eigenvalue weighted by molar-refractivity contribution is -0.0243. The summed E-state index contributed by atoms with van der Waals surface area (Å²) in [6, 6.07) is 12.1. The minimum Gasteiger partial charge on any atom is -0.489 e. The van der Waals surface area contributed by atoms with Crippen LogP contribution in [0.4, 0.5) is 5.69 Å². The topological polar surface area (TPSA) is 65.4 Å². The van der Waals surface area contributed by atoms with Gasteiger partial charge < -0.3 is 19.3 Å². The van der Waals surface area contributed by atoms with Gasteiger partial charge in [-0.1, -0.05) is 89.1 Å². The number of allylic oxidation sites excluding steroid dienone is 8. The molecule has 0 spiro atoms. The first kappa shape index (κ1) is 41.5. The standard InChI is InChI=1S/C54H70N2O4S/c1-8-10-28-55-44(42-23-19-34(3)47-48(42)45(55)32-40-31-36(5)60-51(40)47)24-22-37-20-21-38(52(37)61(57,58)41-16-13-12-14-17-41)25-27-54(7)53(6)26-15-18-43-49(53)46(56(54)29-11-9-2)33-39-30-35(4)59-50(39)43/h12-18,22-24,32-36,40,47-48,51,57-58H,8-11,19-21,25-31H2,1-7H3/b37-22+,44-24+/t34?,35?,36?,40-,47?,48+,51?,53?,54?/m1/s1. The zero-order valence-corrected chi connectivity index (χ0v) is 38.7. The second kappa shape index (κ2) is 15.6. The monoisotopic (exact) mass is 843 g/mol. The molecular weight excluding hydrogens is 773 g/mol. The van der Waals surface area contributed by atoms with E-state index in [4.69, 9.17) is 9.47 Å². The molecule has 0 aromatic heterocycles. The summed E-state index contributed by atoms with van der Waals surface area (Å²) in [6.07, 6.45) is 27.4. The SMILES string of the molecule is CCCCN1C2=C[C@H]3CC(C)OC3C3C(C)CC=C(/C1=C\C=C1/CCC(CCC4(C)N(CCCC)c5cc6c(c7c5C4(C)CC=C7)OC(C)C6)=C1S(O)(O)c1ccccc1)[C@@H]23. The summed E-state index contributed by atoms with van der Waals surface area (Å²) in [5.74, 6) is 3.02. The van der Waals surface area contributed by atoms with Gasteiger partial charge in [0.15, 0.2) is 0 Å². The Labute approximate surface area is 367 Å². The van der Waals surface area contributed by atoms with Gasteiger partial charge in [0.05, 0.1) is 22.0 Å². The lowest BCUT2D eigenvalue weighted by atomic mass is 9.62. The van der Waals surface area contributed by atoms with E-state index in [9.17, 15) is 9.11 Å². The molecule has 4 heterocycles. The van der Waals surface area contributed by atoms with Crippen molar-refractivity contribution in [1.82, 2.24) is 4.90 Å². The van der Waals surface area contributed by atoms with Crippen LogP contribution in [0.5, 0.6) is 5.75 Å². The first-order valence-electron chi connectivity index (χ1n) is 24.0. The molecule has 326 valence electrons. The number of benzene rings is 2. The maximum Gasteiger partial charge on any atom is 0.130 e. The molecule has 4 aliphatic heterocycles. The highest BCUT2D eigenvalue weighted by molar-refractivity contribution is 8.27. The highest BCUT2D eigenvalue weighted by Gasteiger charge is 2.58. The van der Waals surface area contributed by atoms with Gasteiger partial charge in [-0.15, -0.1) is 10.6 Å². The van der Waals surface area contributed by atoms with Crippen molar-refractivity contribution in [2.45, 2.75) is 160 Å². The summed E-state index contributed by atoms with van der Waals surface area (Å²) in [6.45, 7) is 18.5. The third-order valence-electron chi connectivity index (χ3n) is 16.6. The van der Waals surface area contributed by atoms with E-state index in [1.165, 1.54) is 44.9 Å². The van der Waals surface area contributed by atoms with Gasteiger partial charge in [-0.3, -0.25) is 9.11 Å². The van der Waals surface area contributed by atoms with Crippen LogP contribution in [0.25, 0.3) is 6.08 Å². The number of anilines is 1. The number of fused-ring (bicyclic) bond motifs is 4. The van der Waals surface area contributed by atoms with E-state index in [1.807, 2.05) is 30.3 Å². The first-order valence-corrected chi connectivity index (χ1v) is 25.6. The molecule has 2 aromatic carbocycles. The second-order valence-corrected chi connectivity index (χ2v) is 22.4. The van der Waals surface area contributed by atoms with E-state index in [0.29, 0.717) is 40.8 Å². The Bertz CT molecular complexity index is 2270. The Kier molecular flexibility index (Phi) is 10.6. The fraction of sp³-hybridized carbons (Fsp3) is 0.556. The minimum absolute atomic E-state index is 0.102. The largest absolute Gasteiger partial charge is 0.489 e. The van der Waals surface area contributed by atoms with E-state index in [1.54, 1.807) is 0 Å². The Hall–Kier alpha value is -3.49. The van der Waals surface area contributed by atoms with E-state index >= 15 is 0 Å². The van der Waals surface area contributed by atoms with Gasteiger partial charge in [-0.05, 0) is 131 Å². The van der Waals surface area contributed by atoms with Gasteiger partial charge in [-0.25, -0.2) is 0 Å². The molecule has 2 fully saturated rings. The number of unbranched alkanes of at least 4 members (excludes halogenated alkanes) is 2. The zero-order chi connectivity index (χ0) is 42.4. The predicted molar refractivity (Wildman–Crippen MR) is 252 cm³/mol. The van der Waals surface area contributed by atoms with Crippen molar-refractivity contribution in [3.05, 3.63) is 116 Å². The molecule has 2 saturated heterocycles. The number of nitrogens with zero attached hydrogens (tertiary/aromatic N) is 2. The van der Waals surface area contributed by atoms with E-state index in [2.05, 4.69) is 101 Å². The summed E-state index contributed by atoms with van der Waals surface area (Å²) in [7, 11) is -3.28. The number of hydrogen-bond donors (Lipinski definition) is 2. The molecule has 0 radical (unpaired) electrons. The van der Waals surface area contributed by atoms with Crippen molar-refractivity contribution >= 4 is 22.4 Å². The van der Waals surface area contributed by atoms with Crippen molar-refractivity contribution in [2.75, 3.05) is 18.0 Å². The van der Waals surface area contributed by atoms with Crippen LogP contribution < -0.4 is 9.64 Å². The van der Waals surface area contributed by atoms with Gasteiger partial charge in [0, 0.05) is 76.4 Å². The van der Waals surface area contributed by atoms with E-state index < -0.39 is 10.6 Å². The van der Waals surface area contributed by atoms with E-state index in [0.717, 1.165) is 106 Å². The van der Waals surface area contributed by atoms with Crippen LogP contribution in [0.1, 0.15) is 136 Å². The molecular formula is C54H70N2O4S. The van der Waals surface area contributed by atoms with Crippen LogP contribution in [-0.2, 0) is 16.6 Å². The number of rotatable bonds is 12. The molecule has 0 bridgehead atoms. The maximum absolute atomic E-state index is 12.6. The number of hydrogen-bond acceptors (Lipinski definition) is 6. The van der Waals surface area contributed by atoms with Crippen LogP contribution in [0.3, 0.4) is 0 Å². The van der Waals surface area contributed by atoms with Gasteiger partial charge >= 0.3 is 0 Å². The fourth-order valence-electron chi connectivity index (χ4n) is 13.4. The molecule has 8 aliphatic rings. The third-order valence-corrected chi connectivity index (χ3v) is 18.7. The normalized spacial score (nSPS) is 34.8. The first-order chi connectivity index (χ1) is 29.4. The summed E-state index contributed by atoms with van der Waals surface area (Å²) in [5, 5.41) is 0. The quantitative estimate of drug-likeness (QED) is 0.222. The Morgan fingerprint density at radius 2 is 1.75 bits per heavy atom. The van der Waals surface area contributed by atoms with Crippen LogP contribution in [0, 0.1) is 23.7 Å². The van der Waals surface area contributed by atoms with Crippen LogP contribution in [0.2, 0.25) is 0 Å². The van der Waals surface area contributed by atoms with Crippen LogP contribution in [0.15, 0.2) is 105 Å².